The van der Waals surface area contributed by atoms with Gasteiger partial charge in [0.1, 0.15) is 23.3 Å². The molecule has 3 rings (SSSR count). The predicted molar refractivity (Wildman–Crippen MR) is 66.8 cm³/mol. The lowest BCUT2D eigenvalue weighted by atomic mass is 10.1. The van der Waals surface area contributed by atoms with Crippen LogP contribution in [-0.4, -0.2) is 16.5 Å². The van der Waals surface area contributed by atoms with Gasteiger partial charge >= 0.3 is 0 Å². The molecule has 0 radical (unpaired) electrons. The van der Waals surface area contributed by atoms with Crippen LogP contribution in [-0.2, 0) is 4.79 Å². The fourth-order valence-corrected chi connectivity index (χ4v) is 2.37. The lowest BCUT2D eigenvalue weighted by Crippen LogP contribution is -2.32. The zero-order valence-electron chi connectivity index (χ0n) is 9.50. The Morgan fingerprint density at radius 2 is 2.28 bits per heavy atom. The van der Waals surface area contributed by atoms with Gasteiger partial charge in [-0.3, -0.25) is 0 Å². The standard InChI is InChI=1S/C12H8BrN3O2/c1-6-9(13)7(4-14)10-11(15-6)16-8(5-17)12(18-10)2-3-12/h2-3H2,1H3,(H,15,16). The molecule has 2 aliphatic rings. The third-order valence-corrected chi connectivity index (χ3v) is 4.14. The van der Waals surface area contributed by atoms with Gasteiger partial charge in [-0.15, -0.1) is 0 Å². The molecule has 5 nitrogen and oxygen atoms in total. The van der Waals surface area contributed by atoms with E-state index < -0.39 is 5.60 Å². The van der Waals surface area contributed by atoms with Crippen molar-refractivity contribution in [1.29, 1.82) is 5.26 Å². The van der Waals surface area contributed by atoms with Crippen molar-refractivity contribution in [2.75, 3.05) is 5.32 Å². The van der Waals surface area contributed by atoms with Crippen molar-refractivity contribution in [3.8, 4) is 11.8 Å². The molecule has 1 saturated carbocycles. The van der Waals surface area contributed by atoms with E-state index in [2.05, 4.69) is 32.3 Å². The van der Waals surface area contributed by atoms with Crippen LogP contribution in [0.15, 0.2) is 10.2 Å². The van der Waals surface area contributed by atoms with E-state index in [0.29, 0.717) is 33.0 Å². The summed E-state index contributed by atoms with van der Waals surface area (Å²) >= 11 is 3.33. The lowest BCUT2D eigenvalue weighted by molar-refractivity contribution is 0.211. The minimum Gasteiger partial charge on any atom is -0.475 e. The van der Waals surface area contributed by atoms with Gasteiger partial charge in [-0.2, -0.15) is 5.26 Å². The molecule has 1 aliphatic heterocycles. The van der Waals surface area contributed by atoms with Crippen molar-refractivity contribution in [3.05, 3.63) is 21.4 Å². The Morgan fingerprint density at radius 3 is 2.83 bits per heavy atom. The average Bonchev–Trinajstić information content (AvgIpc) is 3.12. The van der Waals surface area contributed by atoms with Crippen LogP contribution in [0.4, 0.5) is 5.82 Å². The third kappa shape index (κ3) is 1.38. The first-order chi connectivity index (χ1) is 8.61. The summed E-state index contributed by atoms with van der Waals surface area (Å²) in [6.07, 6.45) is 1.50. The Kier molecular flexibility index (Phi) is 2.24. The van der Waals surface area contributed by atoms with Crippen LogP contribution in [0.1, 0.15) is 24.1 Å². The van der Waals surface area contributed by atoms with Gasteiger partial charge in [0.05, 0.1) is 10.2 Å². The summed E-state index contributed by atoms with van der Waals surface area (Å²) in [5.41, 5.74) is 0.823. The fraction of sp³-hybridized carbons (Fsp3) is 0.333. The van der Waals surface area contributed by atoms with Gasteiger partial charge in [-0.1, -0.05) is 0 Å². The van der Waals surface area contributed by atoms with Crippen molar-refractivity contribution in [2.45, 2.75) is 25.4 Å². The first-order valence-corrected chi connectivity index (χ1v) is 6.22. The molecule has 1 spiro atoms. The number of aromatic nitrogens is 1. The number of anilines is 1. The molecule has 1 aromatic heterocycles. The highest BCUT2D eigenvalue weighted by atomic mass is 79.9. The summed E-state index contributed by atoms with van der Waals surface area (Å²) in [4.78, 5) is 15.2. The van der Waals surface area contributed by atoms with Crippen LogP contribution in [0.5, 0.6) is 5.75 Å². The molecule has 0 atom stereocenters. The molecule has 0 bridgehead atoms. The molecule has 0 aromatic carbocycles. The van der Waals surface area contributed by atoms with E-state index in [0.717, 1.165) is 12.8 Å². The number of nitriles is 1. The molecular weight excluding hydrogens is 298 g/mol. The number of fused-ring (bicyclic) bond motifs is 1. The molecule has 1 N–H and O–H groups in total. The van der Waals surface area contributed by atoms with E-state index in [9.17, 15) is 10.1 Å². The highest BCUT2D eigenvalue weighted by molar-refractivity contribution is 9.10. The topological polar surface area (TPSA) is 75.0 Å². The number of hydrogen-bond acceptors (Lipinski definition) is 5. The van der Waals surface area contributed by atoms with Crippen LogP contribution in [0.2, 0.25) is 0 Å². The van der Waals surface area contributed by atoms with E-state index in [1.807, 2.05) is 5.94 Å². The second-order valence-corrected chi connectivity index (χ2v) is 5.17. The summed E-state index contributed by atoms with van der Waals surface area (Å²) in [5.74, 6) is 2.68. The number of rotatable bonds is 0. The number of nitrogens with zero attached hydrogens (tertiary/aromatic N) is 2. The Bertz CT molecular complexity index is 652. The monoisotopic (exact) mass is 305 g/mol. The summed E-state index contributed by atoms with van der Waals surface area (Å²) in [6.45, 7) is 1.78. The molecular formula is C12H8BrN3O2. The molecule has 0 saturated heterocycles. The van der Waals surface area contributed by atoms with E-state index in [1.165, 1.54) is 0 Å². The maximum absolute atomic E-state index is 10.9. The van der Waals surface area contributed by atoms with Crippen molar-refractivity contribution in [3.63, 3.8) is 0 Å². The number of aryl methyl sites for hydroxylation is 1. The molecule has 90 valence electrons. The number of halogens is 1. The molecule has 1 aromatic rings. The van der Waals surface area contributed by atoms with Crippen LogP contribution in [0.25, 0.3) is 0 Å². The lowest BCUT2D eigenvalue weighted by Gasteiger charge is -2.28. The van der Waals surface area contributed by atoms with Gasteiger partial charge in [-0.05, 0) is 35.7 Å². The number of carbonyl (C=O) groups excluding carboxylic acids is 1. The minimum absolute atomic E-state index is 0.369. The quantitative estimate of drug-likeness (QED) is 0.743. The van der Waals surface area contributed by atoms with Gasteiger partial charge in [-0.25, -0.2) is 9.78 Å². The number of nitrogens with one attached hydrogen (secondary N) is 1. The third-order valence-electron chi connectivity index (χ3n) is 3.17. The van der Waals surface area contributed by atoms with Crippen LogP contribution in [0.3, 0.4) is 0 Å². The number of hydrogen-bond donors (Lipinski definition) is 1. The first-order valence-electron chi connectivity index (χ1n) is 5.43. The molecule has 1 aliphatic carbocycles. The Labute approximate surface area is 112 Å². The molecule has 6 heteroatoms. The van der Waals surface area contributed by atoms with Crippen molar-refractivity contribution in [2.24, 2.45) is 0 Å². The molecule has 2 heterocycles. The van der Waals surface area contributed by atoms with Crippen molar-refractivity contribution >= 4 is 27.7 Å². The molecule has 1 fully saturated rings. The van der Waals surface area contributed by atoms with E-state index in [1.54, 1.807) is 6.92 Å². The fourth-order valence-electron chi connectivity index (χ4n) is 2.01. The maximum Gasteiger partial charge on any atom is 0.182 e. The van der Waals surface area contributed by atoms with Gasteiger partial charge < -0.3 is 10.1 Å². The Morgan fingerprint density at radius 1 is 1.56 bits per heavy atom. The Balaban J connectivity index is 2.23. The highest BCUT2D eigenvalue weighted by Gasteiger charge is 2.54. The number of ether oxygens (including phenoxy) is 1. The first kappa shape index (κ1) is 11.3. The summed E-state index contributed by atoms with van der Waals surface area (Å²) in [7, 11) is 0. The largest absolute Gasteiger partial charge is 0.475 e. The summed E-state index contributed by atoms with van der Waals surface area (Å²) in [5, 5.41) is 12.1. The van der Waals surface area contributed by atoms with Gasteiger partial charge in [0.25, 0.3) is 0 Å². The normalized spacial score (nSPS) is 18.2. The zero-order chi connectivity index (χ0) is 12.9. The van der Waals surface area contributed by atoms with Gasteiger partial charge in [0, 0.05) is 0 Å². The maximum atomic E-state index is 10.9. The molecule has 0 amide bonds. The number of pyridine rings is 1. The smallest absolute Gasteiger partial charge is 0.182 e. The van der Waals surface area contributed by atoms with E-state index >= 15 is 0 Å². The molecule has 18 heavy (non-hydrogen) atoms. The van der Waals surface area contributed by atoms with Gasteiger partial charge in [0.2, 0.25) is 0 Å². The van der Waals surface area contributed by atoms with Gasteiger partial charge in [0.15, 0.2) is 17.2 Å². The average molecular weight is 306 g/mol. The minimum atomic E-state index is -0.614. The van der Waals surface area contributed by atoms with Crippen LogP contribution < -0.4 is 10.1 Å². The second-order valence-electron chi connectivity index (χ2n) is 4.37. The van der Waals surface area contributed by atoms with E-state index in [-0.39, 0.29) is 0 Å². The zero-order valence-corrected chi connectivity index (χ0v) is 11.1. The van der Waals surface area contributed by atoms with Crippen molar-refractivity contribution in [1.82, 2.24) is 4.98 Å². The Hall–Kier alpha value is -1.83. The highest BCUT2D eigenvalue weighted by Crippen LogP contribution is 2.52. The van der Waals surface area contributed by atoms with E-state index in [4.69, 9.17) is 4.74 Å². The summed E-state index contributed by atoms with van der Waals surface area (Å²) < 4.78 is 6.44. The SMILES string of the molecule is Cc1nc2c(c(C#N)c1Br)OC1(CC1)C(=C=O)N2. The van der Waals surface area contributed by atoms with Crippen LogP contribution in [0, 0.1) is 18.3 Å². The predicted octanol–water partition coefficient (Wildman–Crippen LogP) is 2.08. The van der Waals surface area contributed by atoms with Crippen LogP contribution >= 0.6 is 15.9 Å². The summed E-state index contributed by atoms with van der Waals surface area (Å²) in [6, 6.07) is 2.10. The second kappa shape index (κ2) is 3.58. The molecule has 0 unspecified atom stereocenters. The van der Waals surface area contributed by atoms with Crippen molar-refractivity contribution < 1.29 is 9.53 Å².